The summed E-state index contributed by atoms with van der Waals surface area (Å²) in [6, 6.07) is 22.0. The number of amides is 1. The molecule has 0 saturated heterocycles. The van der Waals surface area contributed by atoms with Crippen LogP contribution in [0.4, 0.5) is 5.69 Å². The first-order valence-corrected chi connectivity index (χ1v) is 8.58. The minimum atomic E-state index is -1.16. The van der Waals surface area contributed by atoms with Gasteiger partial charge in [-0.15, -0.1) is 0 Å². The van der Waals surface area contributed by atoms with E-state index < -0.39 is 11.9 Å². The van der Waals surface area contributed by atoms with Gasteiger partial charge in [0.1, 0.15) is 0 Å². The molecule has 2 N–H and O–H groups in total. The molecular formula is C22H16ClNO3. The quantitative estimate of drug-likeness (QED) is 0.588. The highest BCUT2D eigenvalue weighted by molar-refractivity contribution is 6.31. The van der Waals surface area contributed by atoms with E-state index in [1.54, 1.807) is 6.08 Å². The first-order valence-electron chi connectivity index (χ1n) is 8.20. The number of benzene rings is 3. The lowest BCUT2D eigenvalue weighted by molar-refractivity contribution is -0.111. The number of carboxylic acid groups (broad SMARTS) is 1. The van der Waals surface area contributed by atoms with Gasteiger partial charge in [0.15, 0.2) is 0 Å². The van der Waals surface area contributed by atoms with Crippen molar-refractivity contribution in [3.8, 4) is 11.1 Å². The SMILES string of the molecule is O=C(/C=C/c1cccc(-c2ccccc2)c1)Nc1ccc(Cl)cc1C(=O)O. The Bertz CT molecular complexity index is 1010. The van der Waals surface area contributed by atoms with Crippen molar-refractivity contribution in [3.63, 3.8) is 0 Å². The zero-order valence-corrected chi connectivity index (χ0v) is 15.0. The van der Waals surface area contributed by atoms with Gasteiger partial charge in [0, 0.05) is 11.1 Å². The Labute approximate surface area is 161 Å². The van der Waals surface area contributed by atoms with E-state index in [0.29, 0.717) is 5.02 Å². The van der Waals surface area contributed by atoms with Crippen LogP contribution in [0, 0.1) is 0 Å². The lowest BCUT2D eigenvalue weighted by Crippen LogP contribution is -2.12. The van der Waals surface area contributed by atoms with E-state index in [-0.39, 0.29) is 11.3 Å². The number of rotatable bonds is 5. The van der Waals surface area contributed by atoms with Crippen molar-refractivity contribution in [2.24, 2.45) is 0 Å². The summed E-state index contributed by atoms with van der Waals surface area (Å²) in [6.45, 7) is 0. The number of carbonyl (C=O) groups excluding carboxylic acids is 1. The largest absolute Gasteiger partial charge is 0.478 e. The maximum absolute atomic E-state index is 12.2. The van der Waals surface area contributed by atoms with Crippen molar-refractivity contribution >= 4 is 35.2 Å². The van der Waals surface area contributed by atoms with Gasteiger partial charge in [0.2, 0.25) is 5.91 Å². The lowest BCUT2D eigenvalue weighted by atomic mass is 10.0. The van der Waals surface area contributed by atoms with E-state index >= 15 is 0 Å². The second kappa shape index (κ2) is 8.34. The van der Waals surface area contributed by atoms with Crippen molar-refractivity contribution in [3.05, 3.63) is 95.0 Å². The molecule has 3 aromatic rings. The van der Waals surface area contributed by atoms with Crippen LogP contribution in [-0.2, 0) is 4.79 Å². The third-order valence-corrected chi connectivity index (χ3v) is 4.13. The molecule has 0 aliphatic rings. The molecular weight excluding hydrogens is 362 g/mol. The van der Waals surface area contributed by atoms with Crippen LogP contribution in [0.25, 0.3) is 17.2 Å². The van der Waals surface area contributed by atoms with Crippen LogP contribution >= 0.6 is 11.6 Å². The summed E-state index contributed by atoms with van der Waals surface area (Å²) < 4.78 is 0. The first kappa shape index (κ1) is 18.4. The maximum atomic E-state index is 12.2. The number of hydrogen-bond acceptors (Lipinski definition) is 2. The summed E-state index contributed by atoms with van der Waals surface area (Å²) in [5.41, 5.74) is 3.13. The highest BCUT2D eigenvalue weighted by Gasteiger charge is 2.12. The Morgan fingerprint density at radius 1 is 0.889 bits per heavy atom. The Balaban J connectivity index is 1.75. The molecule has 0 aliphatic carbocycles. The molecule has 0 bridgehead atoms. The topological polar surface area (TPSA) is 66.4 Å². The van der Waals surface area contributed by atoms with Crippen molar-refractivity contribution in [2.45, 2.75) is 0 Å². The van der Waals surface area contributed by atoms with Crippen LogP contribution in [0.5, 0.6) is 0 Å². The molecule has 0 radical (unpaired) electrons. The molecule has 1 amide bonds. The molecule has 0 unspecified atom stereocenters. The standard InChI is InChI=1S/C22H16ClNO3/c23-18-10-11-20(19(14-18)22(26)27)24-21(25)12-9-15-5-4-8-17(13-15)16-6-2-1-3-7-16/h1-14H,(H,24,25)(H,26,27)/b12-9+. The van der Waals surface area contributed by atoms with Gasteiger partial charge in [0.25, 0.3) is 0 Å². The summed E-state index contributed by atoms with van der Waals surface area (Å²) >= 11 is 5.81. The average molecular weight is 378 g/mol. The van der Waals surface area contributed by atoms with Gasteiger partial charge >= 0.3 is 5.97 Å². The predicted molar refractivity (Wildman–Crippen MR) is 108 cm³/mol. The van der Waals surface area contributed by atoms with Crippen LogP contribution < -0.4 is 5.32 Å². The normalized spacial score (nSPS) is 10.7. The molecule has 0 aliphatic heterocycles. The van der Waals surface area contributed by atoms with E-state index in [0.717, 1.165) is 16.7 Å². The van der Waals surface area contributed by atoms with Gasteiger partial charge in [-0.05, 0) is 47.0 Å². The molecule has 5 heteroatoms. The van der Waals surface area contributed by atoms with Crippen LogP contribution in [0.2, 0.25) is 5.02 Å². The molecule has 0 saturated carbocycles. The van der Waals surface area contributed by atoms with E-state index in [9.17, 15) is 14.7 Å². The fourth-order valence-electron chi connectivity index (χ4n) is 2.60. The highest BCUT2D eigenvalue weighted by Crippen LogP contribution is 2.22. The van der Waals surface area contributed by atoms with Crippen molar-refractivity contribution in [1.29, 1.82) is 0 Å². The number of carbonyl (C=O) groups is 2. The Morgan fingerprint density at radius 3 is 2.37 bits per heavy atom. The van der Waals surface area contributed by atoms with Crippen LogP contribution in [0.15, 0.2) is 78.9 Å². The second-order valence-corrected chi connectivity index (χ2v) is 6.25. The summed E-state index contributed by atoms with van der Waals surface area (Å²) in [7, 11) is 0. The van der Waals surface area contributed by atoms with Gasteiger partial charge in [-0.3, -0.25) is 4.79 Å². The van der Waals surface area contributed by atoms with E-state index in [1.807, 2.05) is 54.6 Å². The fourth-order valence-corrected chi connectivity index (χ4v) is 2.77. The third kappa shape index (κ3) is 4.84. The number of aromatic carboxylic acids is 1. The van der Waals surface area contributed by atoms with Crippen LogP contribution in [0.1, 0.15) is 15.9 Å². The first-order chi connectivity index (χ1) is 13.0. The van der Waals surface area contributed by atoms with Gasteiger partial charge < -0.3 is 10.4 Å². The number of halogens is 1. The average Bonchev–Trinajstić information content (AvgIpc) is 2.68. The highest BCUT2D eigenvalue weighted by atomic mass is 35.5. The Kier molecular flexibility index (Phi) is 5.69. The molecule has 0 spiro atoms. The minimum Gasteiger partial charge on any atom is -0.478 e. The summed E-state index contributed by atoms with van der Waals surface area (Å²) in [6.07, 6.45) is 3.04. The summed E-state index contributed by atoms with van der Waals surface area (Å²) in [5.74, 6) is -1.59. The minimum absolute atomic E-state index is 0.0599. The number of nitrogens with one attached hydrogen (secondary N) is 1. The molecule has 3 aromatic carbocycles. The van der Waals surface area contributed by atoms with E-state index in [1.165, 1.54) is 24.3 Å². The van der Waals surface area contributed by atoms with E-state index in [2.05, 4.69) is 5.32 Å². The Morgan fingerprint density at radius 2 is 1.63 bits per heavy atom. The van der Waals surface area contributed by atoms with Crippen LogP contribution in [-0.4, -0.2) is 17.0 Å². The Hall–Kier alpha value is -3.37. The molecule has 0 heterocycles. The molecule has 27 heavy (non-hydrogen) atoms. The van der Waals surface area contributed by atoms with Gasteiger partial charge in [-0.2, -0.15) is 0 Å². The summed E-state index contributed by atoms with van der Waals surface area (Å²) in [5, 5.41) is 12.1. The van der Waals surface area contributed by atoms with Crippen molar-refractivity contribution in [1.82, 2.24) is 0 Å². The van der Waals surface area contributed by atoms with Crippen LogP contribution in [0.3, 0.4) is 0 Å². The molecule has 0 aromatic heterocycles. The second-order valence-electron chi connectivity index (χ2n) is 5.81. The lowest BCUT2D eigenvalue weighted by Gasteiger charge is -2.07. The van der Waals surface area contributed by atoms with Crippen molar-refractivity contribution < 1.29 is 14.7 Å². The van der Waals surface area contributed by atoms with E-state index in [4.69, 9.17) is 11.6 Å². The zero-order chi connectivity index (χ0) is 19.2. The number of anilines is 1. The van der Waals surface area contributed by atoms with Gasteiger partial charge in [0.05, 0.1) is 11.3 Å². The fraction of sp³-hybridized carbons (Fsp3) is 0. The maximum Gasteiger partial charge on any atom is 0.337 e. The molecule has 0 fully saturated rings. The molecule has 134 valence electrons. The predicted octanol–water partition coefficient (Wildman–Crippen LogP) is 5.36. The summed E-state index contributed by atoms with van der Waals surface area (Å²) in [4.78, 5) is 23.5. The third-order valence-electron chi connectivity index (χ3n) is 3.89. The van der Waals surface area contributed by atoms with Crippen molar-refractivity contribution in [2.75, 3.05) is 5.32 Å². The number of hydrogen-bond donors (Lipinski definition) is 2. The molecule has 0 atom stereocenters. The van der Waals surface area contributed by atoms with Gasteiger partial charge in [-0.1, -0.05) is 60.1 Å². The monoisotopic (exact) mass is 377 g/mol. The zero-order valence-electron chi connectivity index (χ0n) is 14.2. The number of carboxylic acids is 1. The molecule has 3 rings (SSSR count). The smallest absolute Gasteiger partial charge is 0.337 e. The molecule has 4 nitrogen and oxygen atoms in total. The van der Waals surface area contributed by atoms with Gasteiger partial charge in [-0.25, -0.2) is 4.79 Å².